The Bertz CT molecular complexity index is 1010. The Labute approximate surface area is 177 Å². The highest BCUT2D eigenvalue weighted by Gasteiger charge is 2.18. The SMILES string of the molecule is Cn1cnc(S(=O)(=O)NCCCC(=O)N(Cc2ccccc2)Cc2ccccc2)c1. The van der Waals surface area contributed by atoms with Crippen molar-refractivity contribution in [1.82, 2.24) is 19.2 Å². The van der Waals surface area contributed by atoms with Crippen LogP contribution in [0.4, 0.5) is 0 Å². The predicted molar refractivity (Wildman–Crippen MR) is 115 cm³/mol. The second-order valence-corrected chi connectivity index (χ2v) is 8.81. The summed E-state index contributed by atoms with van der Waals surface area (Å²) in [4.78, 5) is 18.5. The molecular weight excluding hydrogens is 400 g/mol. The molecule has 0 aliphatic rings. The molecule has 8 heteroatoms. The van der Waals surface area contributed by atoms with Gasteiger partial charge in [-0.1, -0.05) is 60.7 Å². The minimum atomic E-state index is -3.66. The number of hydrogen-bond donors (Lipinski definition) is 1. The van der Waals surface area contributed by atoms with Crippen LogP contribution in [0.2, 0.25) is 0 Å². The average molecular weight is 427 g/mol. The summed E-state index contributed by atoms with van der Waals surface area (Å²) < 4.78 is 28.5. The molecule has 30 heavy (non-hydrogen) atoms. The van der Waals surface area contributed by atoms with Gasteiger partial charge in [-0.3, -0.25) is 4.79 Å². The van der Waals surface area contributed by atoms with Crippen LogP contribution in [0.3, 0.4) is 0 Å². The quantitative estimate of drug-likeness (QED) is 0.505. The standard InChI is InChI=1S/C22H26N4O3S/c1-25-17-21(23-18-25)30(28,29)24-14-8-13-22(27)26(15-19-9-4-2-5-10-19)16-20-11-6-3-7-12-20/h2-7,9-12,17-18,24H,8,13-16H2,1H3. The molecule has 1 N–H and O–H groups in total. The normalized spacial score (nSPS) is 11.4. The van der Waals surface area contributed by atoms with E-state index in [1.54, 1.807) is 16.5 Å². The number of rotatable bonds is 10. The number of aromatic nitrogens is 2. The maximum absolute atomic E-state index is 12.9. The van der Waals surface area contributed by atoms with Gasteiger partial charge in [-0.2, -0.15) is 0 Å². The second kappa shape index (κ2) is 10.2. The van der Waals surface area contributed by atoms with E-state index in [1.165, 1.54) is 12.5 Å². The molecule has 3 rings (SSSR count). The van der Waals surface area contributed by atoms with Crippen LogP contribution in [0.1, 0.15) is 24.0 Å². The number of nitrogens with zero attached hydrogens (tertiary/aromatic N) is 3. The number of imidazole rings is 1. The van der Waals surface area contributed by atoms with Gasteiger partial charge in [0.15, 0.2) is 5.03 Å². The summed E-state index contributed by atoms with van der Waals surface area (Å²) in [5.74, 6) is -0.0141. The van der Waals surface area contributed by atoms with E-state index < -0.39 is 10.0 Å². The van der Waals surface area contributed by atoms with E-state index in [1.807, 2.05) is 60.7 Å². The first-order valence-electron chi connectivity index (χ1n) is 9.77. The zero-order valence-electron chi connectivity index (χ0n) is 16.9. The number of nitrogens with one attached hydrogen (secondary N) is 1. The van der Waals surface area contributed by atoms with E-state index in [0.717, 1.165) is 11.1 Å². The average Bonchev–Trinajstić information content (AvgIpc) is 3.19. The minimum absolute atomic E-state index is 0.0141. The Morgan fingerprint density at radius 2 is 1.57 bits per heavy atom. The first kappa shape index (κ1) is 21.7. The fourth-order valence-corrected chi connectivity index (χ4v) is 4.10. The summed E-state index contributed by atoms with van der Waals surface area (Å²) in [7, 11) is -1.95. The molecular formula is C22H26N4O3S. The van der Waals surface area contributed by atoms with Crippen molar-refractivity contribution in [2.24, 2.45) is 7.05 Å². The predicted octanol–water partition coefficient (Wildman–Crippen LogP) is 2.71. The van der Waals surface area contributed by atoms with Gasteiger partial charge in [-0.05, 0) is 17.5 Å². The Balaban J connectivity index is 1.57. The highest BCUT2D eigenvalue weighted by Crippen LogP contribution is 2.12. The molecule has 0 unspecified atom stereocenters. The smallest absolute Gasteiger partial charge is 0.259 e. The fraction of sp³-hybridized carbons (Fsp3) is 0.273. The number of benzene rings is 2. The van der Waals surface area contributed by atoms with Crippen molar-refractivity contribution >= 4 is 15.9 Å². The lowest BCUT2D eigenvalue weighted by Crippen LogP contribution is -2.31. The minimum Gasteiger partial charge on any atom is -0.339 e. The highest BCUT2D eigenvalue weighted by atomic mass is 32.2. The van der Waals surface area contributed by atoms with E-state index in [4.69, 9.17) is 0 Å². The number of carbonyl (C=O) groups is 1. The molecule has 0 saturated heterocycles. The van der Waals surface area contributed by atoms with E-state index in [0.29, 0.717) is 19.5 Å². The van der Waals surface area contributed by atoms with E-state index >= 15 is 0 Å². The Kier molecular flexibility index (Phi) is 7.37. The van der Waals surface area contributed by atoms with Gasteiger partial charge >= 0.3 is 0 Å². The van der Waals surface area contributed by atoms with Gasteiger partial charge < -0.3 is 9.47 Å². The molecule has 0 radical (unpaired) electrons. The number of sulfonamides is 1. The summed E-state index contributed by atoms with van der Waals surface area (Å²) in [5, 5.41) is -0.0221. The van der Waals surface area contributed by atoms with Crippen molar-refractivity contribution in [3.8, 4) is 0 Å². The van der Waals surface area contributed by atoms with Crippen molar-refractivity contribution < 1.29 is 13.2 Å². The zero-order valence-corrected chi connectivity index (χ0v) is 17.8. The van der Waals surface area contributed by atoms with Gasteiger partial charge in [0.2, 0.25) is 5.91 Å². The summed E-state index contributed by atoms with van der Waals surface area (Å²) in [6.45, 7) is 1.19. The van der Waals surface area contributed by atoms with Gasteiger partial charge in [0.25, 0.3) is 10.0 Å². The van der Waals surface area contributed by atoms with Crippen molar-refractivity contribution in [3.63, 3.8) is 0 Å². The summed E-state index contributed by atoms with van der Waals surface area (Å²) in [6, 6.07) is 19.7. The van der Waals surface area contributed by atoms with Gasteiger partial charge in [0.1, 0.15) is 0 Å². The highest BCUT2D eigenvalue weighted by molar-refractivity contribution is 7.89. The van der Waals surface area contributed by atoms with Gasteiger partial charge in [0, 0.05) is 39.3 Å². The molecule has 1 heterocycles. The van der Waals surface area contributed by atoms with Crippen molar-refractivity contribution in [3.05, 3.63) is 84.3 Å². The second-order valence-electron chi connectivity index (χ2n) is 7.10. The maximum atomic E-state index is 12.9. The monoisotopic (exact) mass is 426 g/mol. The Morgan fingerprint density at radius 3 is 2.07 bits per heavy atom. The third-order valence-corrected chi connectivity index (χ3v) is 5.95. The van der Waals surface area contributed by atoms with Crippen LogP contribution in [0.5, 0.6) is 0 Å². The molecule has 0 bridgehead atoms. The molecule has 1 amide bonds. The fourth-order valence-electron chi connectivity index (χ4n) is 3.05. The van der Waals surface area contributed by atoms with Crippen molar-refractivity contribution in [2.75, 3.05) is 6.54 Å². The number of amides is 1. The van der Waals surface area contributed by atoms with Crippen molar-refractivity contribution in [2.45, 2.75) is 31.0 Å². The van der Waals surface area contributed by atoms with E-state index in [-0.39, 0.29) is 23.9 Å². The molecule has 7 nitrogen and oxygen atoms in total. The lowest BCUT2D eigenvalue weighted by atomic mass is 10.1. The molecule has 1 aromatic heterocycles. The largest absolute Gasteiger partial charge is 0.339 e. The number of carbonyl (C=O) groups excluding carboxylic acids is 1. The lowest BCUT2D eigenvalue weighted by molar-refractivity contribution is -0.132. The van der Waals surface area contributed by atoms with E-state index in [2.05, 4.69) is 9.71 Å². The number of hydrogen-bond acceptors (Lipinski definition) is 4. The first-order chi connectivity index (χ1) is 14.4. The third-order valence-electron chi connectivity index (χ3n) is 4.60. The van der Waals surface area contributed by atoms with Crippen LogP contribution in [-0.4, -0.2) is 35.3 Å². The van der Waals surface area contributed by atoms with Crippen LogP contribution in [0, 0.1) is 0 Å². The lowest BCUT2D eigenvalue weighted by Gasteiger charge is -2.23. The van der Waals surface area contributed by atoms with Crippen LogP contribution >= 0.6 is 0 Å². The maximum Gasteiger partial charge on any atom is 0.259 e. The first-order valence-corrected chi connectivity index (χ1v) is 11.3. The molecule has 0 spiro atoms. The molecule has 0 aliphatic carbocycles. The van der Waals surface area contributed by atoms with Crippen LogP contribution < -0.4 is 4.72 Å². The molecule has 0 saturated carbocycles. The topological polar surface area (TPSA) is 84.3 Å². The molecule has 158 valence electrons. The Morgan fingerprint density at radius 1 is 1.00 bits per heavy atom. The molecule has 0 atom stereocenters. The summed E-state index contributed by atoms with van der Waals surface area (Å²) in [5.41, 5.74) is 2.11. The zero-order chi connectivity index (χ0) is 21.4. The molecule has 0 fully saturated rings. The van der Waals surface area contributed by atoms with Crippen LogP contribution in [0.25, 0.3) is 0 Å². The number of aryl methyl sites for hydroxylation is 1. The van der Waals surface area contributed by atoms with Crippen molar-refractivity contribution in [1.29, 1.82) is 0 Å². The molecule has 0 aliphatic heterocycles. The van der Waals surface area contributed by atoms with Gasteiger partial charge in [0.05, 0.1) is 6.33 Å². The van der Waals surface area contributed by atoms with E-state index in [9.17, 15) is 13.2 Å². The van der Waals surface area contributed by atoms with Gasteiger partial charge in [-0.15, -0.1) is 0 Å². The Hall–Kier alpha value is -2.97. The van der Waals surface area contributed by atoms with Gasteiger partial charge in [-0.25, -0.2) is 18.1 Å². The third kappa shape index (κ3) is 6.27. The molecule has 2 aromatic carbocycles. The van der Waals surface area contributed by atoms with Crippen LogP contribution in [0.15, 0.2) is 78.2 Å². The van der Waals surface area contributed by atoms with Crippen LogP contribution in [-0.2, 0) is 35.0 Å². The molecule has 3 aromatic rings. The summed E-state index contributed by atoms with van der Waals surface area (Å²) in [6.07, 6.45) is 3.54. The summed E-state index contributed by atoms with van der Waals surface area (Å²) >= 11 is 0.